The van der Waals surface area contributed by atoms with E-state index in [9.17, 15) is 4.79 Å². The molecule has 0 aliphatic carbocycles. The molecule has 0 N–H and O–H groups in total. The average Bonchev–Trinajstić information content (AvgIpc) is 2.84. The molecule has 0 saturated carbocycles. The molecule has 0 spiro atoms. The van der Waals surface area contributed by atoms with E-state index in [2.05, 4.69) is 0 Å². The van der Waals surface area contributed by atoms with Crippen LogP contribution in [-0.2, 0) is 16.1 Å². The number of para-hydroxylation sites is 1. The van der Waals surface area contributed by atoms with Gasteiger partial charge in [-0.2, -0.15) is 0 Å². The lowest BCUT2D eigenvalue weighted by Gasteiger charge is -2.22. The van der Waals surface area contributed by atoms with E-state index in [1.165, 1.54) is 0 Å². The summed E-state index contributed by atoms with van der Waals surface area (Å²) in [6.07, 6.45) is 3.04. The average molecular weight is 273 g/mol. The van der Waals surface area contributed by atoms with E-state index in [0.29, 0.717) is 6.61 Å². The lowest BCUT2D eigenvalue weighted by Crippen LogP contribution is -2.23. The maximum Gasteiger partial charge on any atom is 0.228 e. The zero-order chi connectivity index (χ0) is 13.9. The van der Waals surface area contributed by atoms with Gasteiger partial charge in [0, 0.05) is 18.9 Å². The molecule has 2 aromatic rings. The minimum Gasteiger partial charge on any atom is -0.353 e. The second-order valence-electron chi connectivity index (χ2n) is 5.16. The highest BCUT2D eigenvalue weighted by molar-refractivity contribution is 5.92. The first kappa shape index (κ1) is 13.3. The van der Waals surface area contributed by atoms with Crippen molar-refractivity contribution in [2.45, 2.75) is 39.1 Å². The number of benzene rings is 1. The van der Waals surface area contributed by atoms with Gasteiger partial charge in [0.2, 0.25) is 5.91 Å². The van der Waals surface area contributed by atoms with Crippen molar-refractivity contribution in [2.75, 3.05) is 6.61 Å². The summed E-state index contributed by atoms with van der Waals surface area (Å²) in [6.45, 7) is 2.74. The van der Waals surface area contributed by atoms with Crippen molar-refractivity contribution in [1.82, 2.24) is 4.57 Å². The van der Waals surface area contributed by atoms with Gasteiger partial charge in [-0.1, -0.05) is 18.2 Å². The van der Waals surface area contributed by atoms with Crippen LogP contribution in [0.3, 0.4) is 0 Å². The van der Waals surface area contributed by atoms with Gasteiger partial charge in [0.25, 0.3) is 0 Å². The van der Waals surface area contributed by atoms with Crippen LogP contribution in [0.2, 0.25) is 0 Å². The molecule has 1 saturated heterocycles. The van der Waals surface area contributed by atoms with Crippen LogP contribution >= 0.6 is 0 Å². The SMILES string of the molecule is CC(=O)n1c(COC2CCCCO2)cc2ccccc21. The van der Waals surface area contributed by atoms with Crippen molar-refractivity contribution in [3.8, 4) is 0 Å². The van der Waals surface area contributed by atoms with E-state index >= 15 is 0 Å². The Bertz CT molecular complexity index is 611. The monoisotopic (exact) mass is 273 g/mol. The number of aromatic nitrogens is 1. The lowest BCUT2D eigenvalue weighted by molar-refractivity contribution is -0.169. The molecular weight excluding hydrogens is 254 g/mol. The molecule has 1 atom stereocenters. The standard InChI is InChI=1S/C16H19NO3/c1-12(18)17-14(10-13-6-2-3-7-15(13)17)11-20-16-8-4-5-9-19-16/h2-3,6-7,10,16H,4-5,8-9,11H2,1H3. The highest BCUT2D eigenvalue weighted by atomic mass is 16.7. The molecule has 0 bridgehead atoms. The summed E-state index contributed by atoms with van der Waals surface area (Å²) >= 11 is 0. The van der Waals surface area contributed by atoms with Crippen molar-refractivity contribution in [2.24, 2.45) is 0 Å². The van der Waals surface area contributed by atoms with Gasteiger partial charge in [0.15, 0.2) is 6.29 Å². The first-order valence-corrected chi connectivity index (χ1v) is 7.09. The molecule has 0 amide bonds. The number of hydrogen-bond acceptors (Lipinski definition) is 3. The van der Waals surface area contributed by atoms with Gasteiger partial charge in [0.05, 0.1) is 17.8 Å². The molecule has 4 nitrogen and oxygen atoms in total. The Labute approximate surface area is 118 Å². The highest BCUT2D eigenvalue weighted by Gasteiger charge is 2.17. The van der Waals surface area contributed by atoms with Crippen LogP contribution < -0.4 is 0 Å². The van der Waals surface area contributed by atoms with E-state index in [1.54, 1.807) is 11.5 Å². The van der Waals surface area contributed by atoms with E-state index < -0.39 is 0 Å². The first-order valence-electron chi connectivity index (χ1n) is 7.09. The van der Waals surface area contributed by atoms with Crippen LogP contribution in [0.15, 0.2) is 30.3 Å². The second-order valence-corrected chi connectivity index (χ2v) is 5.16. The summed E-state index contributed by atoms with van der Waals surface area (Å²) in [4.78, 5) is 11.9. The third kappa shape index (κ3) is 2.62. The van der Waals surface area contributed by atoms with E-state index in [4.69, 9.17) is 9.47 Å². The summed E-state index contributed by atoms with van der Waals surface area (Å²) < 4.78 is 13.1. The van der Waals surface area contributed by atoms with Crippen LogP contribution in [0, 0.1) is 0 Å². The van der Waals surface area contributed by atoms with E-state index in [1.807, 2.05) is 30.3 Å². The fourth-order valence-corrected chi connectivity index (χ4v) is 2.71. The number of hydrogen-bond donors (Lipinski definition) is 0. The van der Waals surface area contributed by atoms with Crippen LogP contribution in [0.1, 0.15) is 36.7 Å². The number of nitrogens with zero attached hydrogens (tertiary/aromatic N) is 1. The fourth-order valence-electron chi connectivity index (χ4n) is 2.71. The van der Waals surface area contributed by atoms with Crippen LogP contribution in [0.4, 0.5) is 0 Å². The largest absolute Gasteiger partial charge is 0.353 e. The van der Waals surface area contributed by atoms with Crippen molar-refractivity contribution in [1.29, 1.82) is 0 Å². The molecule has 106 valence electrons. The molecule has 20 heavy (non-hydrogen) atoms. The van der Waals surface area contributed by atoms with Crippen LogP contribution in [0.5, 0.6) is 0 Å². The number of rotatable bonds is 3. The zero-order valence-electron chi connectivity index (χ0n) is 11.7. The summed E-state index contributed by atoms with van der Waals surface area (Å²) in [6, 6.07) is 9.89. The molecule has 4 heteroatoms. The second kappa shape index (κ2) is 5.77. The minimum atomic E-state index is -0.137. The fraction of sp³-hybridized carbons (Fsp3) is 0.438. The topological polar surface area (TPSA) is 40.5 Å². The van der Waals surface area contributed by atoms with Crippen molar-refractivity contribution in [3.05, 3.63) is 36.0 Å². The predicted molar refractivity (Wildman–Crippen MR) is 76.6 cm³/mol. The highest BCUT2D eigenvalue weighted by Crippen LogP contribution is 2.22. The van der Waals surface area contributed by atoms with Crippen molar-refractivity contribution in [3.63, 3.8) is 0 Å². The molecule has 3 rings (SSSR count). The smallest absolute Gasteiger partial charge is 0.228 e. The van der Waals surface area contributed by atoms with Crippen LogP contribution in [0.25, 0.3) is 10.9 Å². The molecule has 1 fully saturated rings. The number of fused-ring (bicyclic) bond motifs is 1. The Morgan fingerprint density at radius 2 is 2.25 bits per heavy atom. The van der Waals surface area contributed by atoms with Gasteiger partial charge < -0.3 is 9.47 Å². The summed E-state index contributed by atoms with van der Waals surface area (Å²) in [7, 11) is 0. The van der Waals surface area contributed by atoms with Gasteiger partial charge in [0.1, 0.15) is 0 Å². The van der Waals surface area contributed by atoms with Crippen molar-refractivity contribution < 1.29 is 14.3 Å². The Balaban J connectivity index is 1.82. The molecular formula is C16H19NO3. The molecule has 0 radical (unpaired) electrons. The number of ether oxygens (including phenoxy) is 2. The Hall–Kier alpha value is -1.65. The normalized spacial score (nSPS) is 19.4. The van der Waals surface area contributed by atoms with Gasteiger partial charge in [-0.25, -0.2) is 0 Å². The quantitative estimate of drug-likeness (QED) is 0.861. The molecule has 1 aliphatic rings. The molecule has 1 aromatic carbocycles. The van der Waals surface area contributed by atoms with E-state index in [0.717, 1.165) is 42.5 Å². The van der Waals surface area contributed by atoms with Crippen molar-refractivity contribution >= 4 is 16.8 Å². The Morgan fingerprint density at radius 1 is 1.40 bits per heavy atom. The third-order valence-electron chi connectivity index (χ3n) is 3.66. The Morgan fingerprint density at radius 3 is 3.00 bits per heavy atom. The molecule has 2 heterocycles. The summed E-state index contributed by atoms with van der Waals surface area (Å²) in [5, 5.41) is 1.06. The zero-order valence-corrected chi connectivity index (χ0v) is 11.7. The predicted octanol–water partition coefficient (Wildman–Crippen LogP) is 3.34. The maximum atomic E-state index is 11.9. The lowest BCUT2D eigenvalue weighted by atomic mass is 10.2. The first-order chi connectivity index (χ1) is 9.75. The van der Waals surface area contributed by atoms with Gasteiger partial charge in [-0.05, 0) is 31.4 Å². The molecule has 1 aromatic heterocycles. The number of carbonyl (C=O) groups excluding carboxylic acids is 1. The summed E-state index contributed by atoms with van der Waals surface area (Å²) in [5.41, 5.74) is 1.82. The van der Waals surface area contributed by atoms with E-state index in [-0.39, 0.29) is 12.2 Å². The molecule has 1 aliphatic heterocycles. The van der Waals surface area contributed by atoms with Crippen LogP contribution in [-0.4, -0.2) is 23.4 Å². The van der Waals surface area contributed by atoms with Gasteiger partial charge in [-0.3, -0.25) is 9.36 Å². The summed E-state index contributed by atoms with van der Waals surface area (Å²) in [5.74, 6) is 0.00867. The van der Waals surface area contributed by atoms with Gasteiger partial charge in [-0.15, -0.1) is 0 Å². The number of carbonyl (C=O) groups is 1. The minimum absolute atomic E-state index is 0.00867. The van der Waals surface area contributed by atoms with Gasteiger partial charge >= 0.3 is 0 Å². The third-order valence-corrected chi connectivity index (χ3v) is 3.66. The maximum absolute atomic E-state index is 11.9. The Kier molecular flexibility index (Phi) is 3.85. The molecule has 1 unspecified atom stereocenters.